The van der Waals surface area contributed by atoms with Crippen LogP contribution in [0.15, 0.2) is 35.9 Å². The highest BCUT2D eigenvalue weighted by Crippen LogP contribution is 2.66. The Morgan fingerprint density at radius 1 is 0.939 bits per heavy atom. The summed E-state index contributed by atoms with van der Waals surface area (Å²) in [5.74, 6) is 1.22. The Morgan fingerprint density at radius 3 is 2.39 bits per heavy atom. The molecule has 0 saturated heterocycles. The van der Waals surface area contributed by atoms with E-state index in [1.165, 1.54) is 29.8 Å². The van der Waals surface area contributed by atoms with Crippen molar-refractivity contribution in [3.8, 4) is 0 Å². The molecule has 0 radical (unpaired) electrons. The van der Waals surface area contributed by atoms with Gasteiger partial charge in [-0.05, 0) is 104 Å². The maximum atomic E-state index is 13.3. The van der Waals surface area contributed by atoms with Gasteiger partial charge in [-0.2, -0.15) is 0 Å². The fraction of sp³-hybridized carbons (Fsp3) is 0.714. The van der Waals surface area contributed by atoms with E-state index in [2.05, 4.69) is 19.9 Å². The first-order valence-corrected chi connectivity index (χ1v) is 12.8. The monoisotopic (exact) mass is 458 g/mol. The van der Waals surface area contributed by atoms with Crippen molar-refractivity contribution in [3.05, 3.63) is 47.3 Å². The lowest BCUT2D eigenvalue weighted by atomic mass is 9.47. The summed E-state index contributed by atoms with van der Waals surface area (Å²) in [5.41, 5.74) is 1.99. The Labute approximate surface area is 196 Å². The fourth-order valence-electron chi connectivity index (χ4n) is 8.53. The van der Waals surface area contributed by atoms with E-state index in [0.717, 1.165) is 51.4 Å². The summed E-state index contributed by atoms with van der Waals surface area (Å²) >= 11 is 0. The topological polar surface area (TPSA) is 80.9 Å². The third-order valence-corrected chi connectivity index (χ3v) is 10.4. The molecule has 10 atom stereocenters. The summed E-state index contributed by atoms with van der Waals surface area (Å²) in [6.07, 6.45) is 6.47. The summed E-state index contributed by atoms with van der Waals surface area (Å²) in [7, 11) is 0. The number of aliphatic hydroxyl groups excluding tert-OH is 4. The van der Waals surface area contributed by atoms with Crippen LogP contribution in [0.3, 0.4) is 0 Å². The zero-order valence-corrected chi connectivity index (χ0v) is 19.8. The molecule has 4 N–H and O–H groups in total. The number of hydrogen-bond donors (Lipinski definition) is 4. The van der Waals surface area contributed by atoms with Crippen molar-refractivity contribution in [1.29, 1.82) is 0 Å². The molecule has 3 fully saturated rings. The lowest BCUT2D eigenvalue weighted by molar-refractivity contribution is -0.122. The standard InChI is InChI=1S/C28H39FO4/c1-27-13-11-19(30)15-17(27)5-8-20-21-9-10-23(28(21,2)14-12-22(20)27)25(32)26(33)24(31)16-3-6-18(29)7-4-16/h3-7,19-26,30-33H,8-15H2,1-2H3/t19-,20-,21-,22-,23+,24-,25-,26-,27-,28-/m0/s1. The van der Waals surface area contributed by atoms with Crippen LogP contribution in [0.2, 0.25) is 0 Å². The molecule has 0 aliphatic heterocycles. The van der Waals surface area contributed by atoms with Gasteiger partial charge in [-0.3, -0.25) is 0 Å². The average Bonchev–Trinajstić information content (AvgIpc) is 3.15. The van der Waals surface area contributed by atoms with Crippen LogP contribution in [0.5, 0.6) is 0 Å². The highest BCUT2D eigenvalue weighted by atomic mass is 19.1. The zero-order valence-electron chi connectivity index (χ0n) is 19.8. The molecule has 0 spiro atoms. The van der Waals surface area contributed by atoms with Crippen molar-refractivity contribution >= 4 is 0 Å². The molecule has 1 aromatic rings. The summed E-state index contributed by atoms with van der Waals surface area (Å²) in [4.78, 5) is 0. The molecule has 4 aliphatic carbocycles. The van der Waals surface area contributed by atoms with Crippen molar-refractivity contribution in [2.75, 3.05) is 0 Å². The molecule has 4 nitrogen and oxygen atoms in total. The second-order valence-electron chi connectivity index (χ2n) is 11.9. The Hall–Kier alpha value is -1.27. The molecule has 4 aliphatic rings. The number of allylic oxidation sites excluding steroid dienone is 1. The summed E-state index contributed by atoms with van der Waals surface area (Å²) < 4.78 is 13.3. The minimum Gasteiger partial charge on any atom is -0.393 e. The van der Waals surface area contributed by atoms with Crippen LogP contribution in [0.25, 0.3) is 0 Å². The SMILES string of the molecule is C[C@]12CC[C@H]3[C@@H](CC=C4C[C@@H](O)CC[C@@]43C)[C@@H]1CC[C@@H]2[C@H](O)[C@@H](O)[C@@H](O)c1ccc(F)cc1. The molecule has 5 rings (SSSR count). The van der Waals surface area contributed by atoms with Gasteiger partial charge in [-0.25, -0.2) is 4.39 Å². The predicted molar refractivity (Wildman–Crippen MR) is 125 cm³/mol. The fourth-order valence-corrected chi connectivity index (χ4v) is 8.53. The van der Waals surface area contributed by atoms with Gasteiger partial charge in [0.25, 0.3) is 0 Å². The van der Waals surface area contributed by atoms with Crippen molar-refractivity contribution in [3.63, 3.8) is 0 Å². The molecular formula is C28H39FO4. The largest absolute Gasteiger partial charge is 0.393 e. The maximum Gasteiger partial charge on any atom is 0.123 e. The molecule has 1 aromatic carbocycles. The second-order valence-corrected chi connectivity index (χ2v) is 11.9. The highest BCUT2D eigenvalue weighted by molar-refractivity contribution is 5.26. The predicted octanol–water partition coefficient (Wildman–Crippen LogP) is 4.52. The minimum absolute atomic E-state index is 0.0695. The minimum atomic E-state index is -1.30. The van der Waals surface area contributed by atoms with E-state index in [-0.39, 0.29) is 22.9 Å². The Morgan fingerprint density at radius 2 is 1.67 bits per heavy atom. The first kappa shape index (κ1) is 23.5. The van der Waals surface area contributed by atoms with E-state index in [0.29, 0.717) is 23.3 Å². The lowest BCUT2D eigenvalue weighted by Crippen LogP contribution is -2.52. The smallest absolute Gasteiger partial charge is 0.123 e. The van der Waals surface area contributed by atoms with E-state index in [1.807, 2.05) is 0 Å². The van der Waals surface area contributed by atoms with Crippen molar-refractivity contribution in [2.45, 2.75) is 89.6 Å². The summed E-state index contributed by atoms with van der Waals surface area (Å²) in [6.45, 7) is 4.70. The Kier molecular flexibility index (Phi) is 6.00. The summed E-state index contributed by atoms with van der Waals surface area (Å²) in [5, 5.41) is 43.1. The van der Waals surface area contributed by atoms with E-state index in [1.54, 1.807) is 0 Å². The number of halogens is 1. The normalized spacial score (nSPS) is 43.0. The number of hydrogen-bond acceptors (Lipinski definition) is 4. The molecule has 0 bridgehead atoms. The van der Waals surface area contributed by atoms with Crippen LogP contribution in [-0.2, 0) is 0 Å². The van der Waals surface area contributed by atoms with Gasteiger partial charge >= 0.3 is 0 Å². The number of benzene rings is 1. The van der Waals surface area contributed by atoms with E-state index in [4.69, 9.17) is 0 Å². The summed E-state index contributed by atoms with van der Waals surface area (Å²) in [6, 6.07) is 5.46. The van der Waals surface area contributed by atoms with Crippen LogP contribution in [0.4, 0.5) is 4.39 Å². The number of fused-ring (bicyclic) bond motifs is 5. The molecule has 3 saturated carbocycles. The Balaban J connectivity index is 1.35. The van der Waals surface area contributed by atoms with Gasteiger partial charge in [0.1, 0.15) is 18.0 Å². The number of rotatable bonds is 4. The molecule has 0 heterocycles. The van der Waals surface area contributed by atoms with Gasteiger partial charge < -0.3 is 20.4 Å². The van der Waals surface area contributed by atoms with Crippen LogP contribution in [-0.4, -0.2) is 38.7 Å². The van der Waals surface area contributed by atoms with Gasteiger partial charge in [0.15, 0.2) is 0 Å². The first-order valence-electron chi connectivity index (χ1n) is 12.8. The molecule has 0 unspecified atom stereocenters. The van der Waals surface area contributed by atoms with Crippen LogP contribution < -0.4 is 0 Å². The third kappa shape index (κ3) is 3.71. The lowest BCUT2D eigenvalue weighted by Gasteiger charge is -2.58. The van der Waals surface area contributed by atoms with Gasteiger partial charge in [0, 0.05) is 0 Å². The van der Waals surface area contributed by atoms with E-state index >= 15 is 0 Å². The first-order chi connectivity index (χ1) is 15.6. The van der Waals surface area contributed by atoms with Crippen molar-refractivity contribution in [2.24, 2.45) is 34.5 Å². The van der Waals surface area contributed by atoms with Crippen molar-refractivity contribution < 1.29 is 24.8 Å². The van der Waals surface area contributed by atoms with Crippen LogP contribution in [0.1, 0.15) is 76.9 Å². The molecule has 0 amide bonds. The van der Waals surface area contributed by atoms with Gasteiger partial charge in [-0.1, -0.05) is 37.6 Å². The van der Waals surface area contributed by atoms with Crippen LogP contribution in [0, 0.1) is 40.3 Å². The van der Waals surface area contributed by atoms with Crippen molar-refractivity contribution in [1.82, 2.24) is 0 Å². The van der Waals surface area contributed by atoms with Crippen LogP contribution >= 0.6 is 0 Å². The Bertz CT molecular complexity index is 900. The number of aliphatic hydroxyl groups is 4. The third-order valence-electron chi connectivity index (χ3n) is 10.4. The molecule has 5 heteroatoms. The molecule has 33 heavy (non-hydrogen) atoms. The highest BCUT2D eigenvalue weighted by Gasteiger charge is 2.60. The zero-order chi connectivity index (χ0) is 23.5. The van der Waals surface area contributed by atoms with E-state index in [9.17, 15) is 24.8 Å². The van der Waals surface area contributed by atoms with Gasteiger partial charge in [-0.15, -0.1) is 0 Å². The van der Waals surface area contributed by atoms with Gasteiger partial charge in [0.05, 0.1) is 12.2 Å². The molecule has 182 valence electrons. The van der Waals surface area contributed by atoms with Gasteiger partial charge in [0.2, 0.25) is 0 Å². The second kappa shape index (κ2) is 8.44. The maximum absolute atomic E-state index is 13.3. The molecule has 0 aromatic heterocycles. The quantitative estimate of drug-likeness (QED) is 0.500. The average molecular weight is 459 g/mol. The van der Waals surface area contributed by atoms with E-state index < -0.39 is 24.1 Å². The molecular weight excluding hydrogens is 419 g/mol.